The van der Waals surface area contributed by atoms with Crippen molar-refractivity contribution in [2.24, 2.45) is 0 Å². The summed E-state index contributed by atoms with van der Waals surface area (Å²) < 4.78 is 15.8. The summed E-state index contributed by atoms with van der Waals surface area (Å²) in [6.07, 6.45) is 3.11. The van der Waals surface area contributed by atoms with Crippen LogP contribution in [0, 0.1) is 0 Å². The normalized spacial score (nSPS) is 10.7. The van der Waals surface area contributed by atoms with Gasteiger partial charge in [-0.15, -0.1) is 0 Å². The molecular formula is C18H16Cl2O4. The first-order valence-corrected chi connectivity index (χ1v) is 7.73. The molecule has 4 nitrogen and oxygen atoms in total. The van der Waals surface area contributed by atoms with Gasteiger partial charge in [0.1, 0.15) is 0 Å². The van der Waals surface area contributed by atoms with Crippen LogP contribution < -0.4 is 14.2 Å². The lowest BCUT2D eigenvalue weighted by Gasteiger charge is -2.12. The first kappa shape index (κ1) is 18.2. The van der Waals surface area contributed by atoms with Crippen LogP contribution in [0.2, 0.25) is 10.0 Å². The van der Waals surface area contributed by atoms with Gasteiger partial charge in [0, 0.05) is 5.56 Å². The van der Waals surface area contributed by atoms with Gasteiger partial charge in [-0.25, -0.2) is 0 Å². The van der Waals surface area contributed by atoms with Crippen LogP contribution in [0.15, 0.2) is 36.4 Å². The Kier molecular flexibility index (Phi) is 6.12. The third kappa shape index (κ3) is 4.02. The molecular weight excluding hydrogens is 351 g/mol. The summed E-state index contributed by atoms with van der Waals surface area (Å²) in [7, 11) is 4.60. The summed E-state index contributed by atoms with van der Waals surface area (Å²) in [5.41, 5.74) is 1.19. The van der Waals surface area contributed by atoms with Crippen LogP contribution in [0.25, 0.3) is 6.08 Å². The van der Waals surface area contributed by atoms with E-state index in [1.807, 2.05) is 0 Å². The molecule has 0 aliphatic carbocycles. The van der Waals surface area contributed by atoms with Crippen LogP contribution in [0.3, 0.4) is 0 Å². The number of hydrogen-bond acceptors (Lipinski definition) is 4. The maximum Gasteiger partial charge on any atom is 0.203 e. The maximum absolute atomic E-state index is 12.2. The van der Waals surface area contributed by atoms with Crippen LogP contribution >= 0.6 is 23.2 Å². The molecule has 0 heterocycles. The fourth-order valence-corrected chi connectivity index (χ4v) is 2.41. The van der Waals surface area contributed by atoms with E-state index in [-0.39, 0.29) is 5.78 Å². The number of carbonyl (C=O) groups excluding carboxylic acids is 1. The van der Waals surface area contributed by atoms with Crippen LogP contribution in [-0.2, 0) is 0 Å². The molecule has 2 rings (SSSR count). The van der Waals surface area contributed by atoms with E-state index in [1.165, 1.54) is 33.5 Å². The Morgan fingerprint density at radius 1 is 0.917 bits per heavy atom. The van der Waals surface area contributed by atoms with E-state index in [0.717, 1.165) is 5.56 Å². The average Bonchev–Trinajstić information content (AvgIpc) is 2.60. The van der Waals surface area contributed by atoms with Gasteiger partial charge in [-0.1, -0.05) is 29.3 Å². The van der Waals surface area contributed by atoms with Crippen molar-refractivity contribution >= 4 is 35.1 Å². The van der Waals surface area contributed by atoms with Crippen LogP contribution in [0.5, 0.6) is 17.2 Å². The molecule has 0 amide bonds. The van der Waals surface area contributed by atoms with Gasteiger partial charge in [0.15, 0.2) is 17.3 Å². The molecule has 24 heavy (non-hydrogen) atoms. The highest BCUT2D eigenvalue weighted by atomic mass is 35.5. The van der Waals surface area contributed by atoms with Gasteiger partial charge in [-0.05, 0) is 42.0 Å². The molecule has 2 aromatic carbocycles. The van der Waals surface area contributed by atoms with Crippen molar-refractivity contribution in [3.63, 3.8) is 0 Å². The minimum atomic E-state index is -0.192. The number of rotatable bonds is 6. The number of halogens is 2. The zero-order valence-electron chi connectivity index (χ0n) is 13.4. The number of ether oxygens (including phenoxy) is 3. The van der Waals surface area contributed by atoms with Crippen molar-refractivity contribution in [3.05, 3.63) is 57.6 Å². The topological polar surface area (TPSA) is 44.8 Å². The minimum Gasteiger partial charge on any atom is -0.493 e. The first-order valence-electron chi connectivity index (χ1n) is 6.97. The molecule has 0 aliphatic rings. The fourth-order valence-electron chi connectivity index (χ4n) is 2.12. The Morgan fingerprint density at radius 3 is 2.04 bits per heavy atom. The number of hydrogen-bond donors (Lipinski definition) is 0. The summed E-state index contributed by atoms with van der Waals surface area (Å²) in [5.74, 6) is 1.33. The number of benzene rings is 2. The van der Waals surface area contributed by atoms with Crippen molar-refractivity contribution in [1.29, 1.82) is 0 Å². The first-order chi connectivity index (χ1) is 11.5. The summed E-state index contributed by atoms with van der Waals surface area (Å²) in [6.45, 7) is 0. The quantitative estimate of drug-likeness (QED) is 0.537. The zero-order chi connectivity index (χ0) is 17.7. The van der Waals surface area contributed by atoms with E-state index >= 15 is 0 Å². The molecule has 0 spiro atoms. The number of carbonyl (C=O) groups is 1. The molecule has 0 saturated heterocycles. The Morgan fingerprint density at radius 2 is 1.54 bits per heavy atom. The van der Waals surface area contributed by atoms with E-state index in [2.05, 4.69) is 0 Å². The average molecular weight is 367 g/mol. The van der Waals surface area contributed by atoms with Gasteiger partial charge >= 0.3 is 0 Å². The molecule has 2 aromatic rings. The lowest BCUT2D eigenvalue weighted by atomic mass is 10.1. The monoisotopic (exact) mass is 366 g/mol. The van der Waals surface area contributed by atoms with E-state index in [9.17, 15) is 4.79 Å². The van der Waals surface area contributed by atoms with E-state index < -0.39 is 0 Å². The molecule has 0 saturated carbocycles. The van der Waals surface area contributed by atoms with Crippen LogP contribution in [0.1, 0.15) is 15.9 Å². The summed E-state index contributed by atoms with van der Waals surface area (Å²) in [6, 6.07) is 8.24. The molecule has 0 fully saturated rings. The highest BCUT2D eigenvalue weighted by Crippen LogP contribution is 2.38. The molecule has 0 N–H and O–H groups in total. The molecule has 6 heteroatoms. The van der Waals surface area contributed by atoms with Gasteiger partial charge in [0.2, 0.25) is 5.75 Å². The molecule has 0 atom stereocenters. The number of allylic oxidation sites excluding steroid dienone is 1. The summed E-state index contributed by atoms with van der Waals surface area (Å²) in [5, 5.41) is 0.741. The molecule has 0 bridgehead atoms. The van der Waals surface area contributed by atoms with Crippen molar-refractivity contribution in [3.8, 4) is 17.2 Å². The zero-order valence-corrected chi connectivity index (χ0v) is 14.9. The van der Waals surface area contributed by atoms with E-state index in [0.29, 0.717) is 32.9 Å². The Hall–Kier alpha value is -2.17. The highest BCUT2D eigenvalue weighted by Gasteiger charge is 2.12. The van der Waals surface area contributed by atoms with Gasteiger partial charge in [0.25, 0.3) is 0 Å². The van der Waals surface area contributed by atoms with Gasteiger partial charge < -0.3 is 14.2 Å². The Bertz CT molecular complexity index is 760. The van der Waals surface area contributed by atoms with Crippen molar-refractivity contribution in [2.75, 3.05) is 21.3 Å². The molecule has 0 aliphatic heterocycles. The lowest BCUT2D eigenvalue weighted by molar-refractivity contribution is 0.104. The van der Waals surface area contributed by atoms with Crippen molar-refractivity contribution < 1.29 is 19.0 Å². The fraction of sp³-hybridized carbons (Fsp3) is 0.167. The predicted molar refractivity (Wildman–Crippen MR) is 95.9 cm³/mol. The molecule has 126 valence electrons. The predicted octanol–water partition coefficient (Wildman–Crippen LogP) is 4.92. The molecule has 0 radical (unpaired) electrons. The largest absolute Gasteiger partial charge is 0.493 e. The highest BCUT2D eigenvalue weighted by molar-refractivity contribution is 6.42. The van der Waals surface area contributed by atoms with Crippen LogP contribution in [0.4, 0.5) is 0 Å². The second-order valence-corrected chi connectivity index (χ2v) is 5.60. The third-order valence-corrected chi connectivity index (χ3v) is 4.06. The SMILES string of the molecule is COc1cc(/C=C\C(=O)c2ccc(Cl)c(Cl)c2)cc(OC)c1OC. The second kappa shape index (κ2) is 8.08. The van der Waals surface area contributed by atoms with Gasteiger partial charge in [-0.2, -0.15) is 0 Å². The third-order valence-electron chi connectivity index (χ3n) is 3.32. The van der Waals surface area contributed by atoms with E-state index in [1.54, 1.807) is 30.3 Å². The lowest BCUT2D eigenvalue weighted by Crippen LogP contribution is -1.96. The molecule has 0 aromatic heterocycles. The standard InChI is InChI=1S/C18H16Cl2O4/c1-22-16-8-11(9-17(23-2)18(16)24-3)4-7-15(21)12-5-6-13(19)14(20)10-12/h4-10H,1-3H3/b7-4-. The number of methoxy groups -OCH3 is 3. The second-order valence-electron chi connectivity index (χ2n) is 4.79. The maximum atomic E-state index is 12.2. The van der Waals surface area contributed by atoms with Crippen molar-refractivity contribution in [2.45, 2.75) is 0 Å². The van der Waals surface area contributed by atoms with E-state index in [4.69, 9.17) is 37.4 Å². The Balaban J connectivity index is 2.30. The summed E-state index contributed by atoms with van der Waals surface area (Å²) >= 11 is 11.8. The van der Waals surface area contributed by atoms with Gasteiger partial charge in [-0.3, -0.25) is 4.79 Å². The minimum absolute atomic E-state index is 0.192. The van der Waals surface area contributed by atoms with Crippen molar-refractivity contribution in [1.82, 2.24) is 0 Å². The van der Waals surface area contributed by atoms with Gasteiger partial charge in [0.05, 0.1) is 31.4 Å². The molecule has 0 unspecified atom stereocenters. The smallest absolute Gasteiger partial charge is 0.203 e. The Labute approximate surface area is 150 Å². The van der Waals surface area contributed by atoms with Crippen LogP contribution in [-0.4, -0.2) is 27.1 Å². The summed E-state index contributed by atoms with van der Waals surface area (Å²) in [4.78, 5) is 12.2. The number of ketones is 1.